The number of hydrogen-bond donors (Lipinski definition) is 3. The quantitative estimate of drug-likeness (QED) is 0.472. The second-order valence-corrected chi connectivity index (χ2v) is 7.27. The molecular formula is C22H21N5O3. The van der Waals surface area contributed by atoms with Gasteiger partial charge in [0.05, 0.1) is 18.0 Å². The van der Waals surface area contributed by atoms with E-state index in [1.165, 1.54) is 19.2 Å². The van der Waals surface area contributed by atoms with Gasteiger partial charge in [-0.2, -0.15) is 5.10 Å². The summed E-state index contributed by atoms with van der Waals surface area (Å²) in [6.07, 6.45) is 1.37. The zero-order chi connectivity index (χ0) is 21.3. The van der Waals surface area contributed by atoms with Crippen molar-refractivity contribution in [3.05, 3.63) is 77.7 Å². The van der Waals surface area contributed by atoms with E-state index in [2.05, 4.69) is 20.4 Å². The summed E-state index contributed by atoms with van der Waals surface area (Å²) in [5.41, 5.74) is 2.34. The van der Waals surface area contributed by atoms with Crippen LogP contribution in [0.1, 0.15) is 28.7 Å². The Morgan fingerprint density at radius 3 is 2.60 bits per heavy atom. The largest absolute Gasteiger partial charge is 0.393 e. The summed E-state index contributed by atoms with van der Waals surface area (Å²) < 4.78 is 1.74. The molecule has 0 aliphatic heterocycles. The number of anilines is 1. The van der Waals surface area contributed by atoms with Gasteiger partial charge in [0.25, 0.3) is 5.91 Å². The number of rotatable bonds is 5. The molecule has 152 valence electrons. The smallest absolute Gasteiger partial charge is 0.275 e. The molecule has 0 bridgehead atoms. The van der Waals surface area contributed by atoms with E-state index >= 15 is 0 Å². The second kappa shape index (κ2) is 7.66. The van der Waals surface area contributed by atoms with Gasteiger partial charge in [0.1, 0.15) is 17.1 Å². The summed E-state index contributed by atoms with van der Waals surface area (Å²) in [6, 6.07) is 16.4. The Bertz CT molecular complexity index is 1200. The van der Waals surface area contributed by atoms with Crippen molar-refractivity contribution >= 4 is 17.4 Å². The zero-order valence-corrected chi connectivity index (χ0v) is 16.6. The van der Waals surface area contributed by atoms with Crippen molar-refractivity contribution in [2.75, 3.05) is 11.9 Å². The number of hydrogen-bond acceptors (Lipinski definition) is 6. The highest BCUT2D eigenvalue weighted by Gasteiger charge is 2.23. The van der Waals surface area contributed by atoms with Crippen molar-refractivity contribution in [1.82, 2.24) is 19.6 Å². The lowest BCUT2D eigenvalue weighted by molar-refractivity contribution is -0.00257. The molecule has 1 unspecified atom stereocenters. The molecule has 30 heavy (non-hydrogen) atoms. The van der Waals surface area contributed by atoms with E-state index in [1.807, 2.05) is 43.3 Å². The predicted octanol–water partition coefficient (Wildman–Crippen LogP) is 2.55. The minimum absolute atomic E-state index is 0.167. The molecule has 4 rings (SSSR count). The summed E-state index contributed by atoms with van der Waals surface area (Å²) in [7, 11) is 0. The van der Waals surface area contributed by atoms with Crippen molar-refractivity contribution in [2.45, 2.75) is 19.4 Å². The third-order valence-corrected chi connectivity index (χ3v) is 4.79. The van der Waals surface area contributed by atoms with Crippen LogP contribution in [0, 0.1) is 6.92 Å². The topological polar surface area (TPSA) is 113 Å². The Morgan fingerprint density at radius 1 is 1.17 bits per heavy atom. The number of carbonyl (C=O) groups excluding carboxylic acids is 1. The van der Waals surface area contributed by atoms with Crippen LogP contribution in [0.5, 0.6) is 0 Å². The molecule has 3 heterocycles. The third-order valence-electron chi connectivity index (χ3n) is 4.79. The van der Waals surface area contributed by atoms with E-state index in [0.717, 1.165) is 17.0 Å². The number of aliphatic hydroxyl groups excluding tert-OH is 1. The Kier molecular flexibility index (Phi) is 5.03. The van der Waals surface area contributed by atoms with Gasteiger partial charge in [-0.1, -0.05) is 36.4 Å². The van der Waals surface area contributed by atoms with E-state index in [-0.39, 0.29) is 5.69 Å². The van der Waals surface area contributed by atoms with Crippen LogP contribution in [-0.4, -0.2) is 42.3 Å². The molecule has 0 radical (unpaired) electrons. The Morgan fingerprint density at radius 2 is 1.93 bits per heavy atom. The number of nitrogens with one attached hydrogen (secondary N) is 1. The molecule has 0 saturated carbocycles. The van der Waals surface area contributed by atoms with Crippen LogP contribution in [0.4, 0.5) is 5.82 Å². The monoisotopic (exact) mass is 403 g/mol. The number of benzene rings is 1. The maximum absolute atomic E-state index is 12.7. The lowest BCUT2D eigenvalue weighted by Gasteiger charge is -2.20. The Hall–Kier alpha value is -3.62. The van der Waals surface area contributed by atoms with Gasteiger partial charge in [0, 0.05) is 29.5 Å². The van der Waals surface area contributed by atoms with Crippen molar-refractivity contribution < 1.29 is 15.0 Å². The normalized spacial score (nSPS) is 13.2. The van der Waals surface area contributed by atoms with Crippen LogP contribution >= 0.6 is 0 Å². The predicted molar refractivity (Wildman–Crippen MR) is 112 cm³/mol. The maximum atomic E-state index is 12.7. The van der Waals surface area contributed by atoms with Gasteiger partial charge in [-0.05, 0) is 19.9 Å². The first-order chi connectivity index (χ1) is 14.4. The molecule has 0 spiro atoms. The van der Waals surface area contributed by atoms with Crippen LogP contribution in [0.25, 0.3) is 16.9 Å². The Balaban J connectivity index is 1.66. The lowest BCUT2D eigenvalue weighted by Crippen LogP contribution is -2.26. The first kappa shape index (κ1) is 19.7. The molecule has 1 atom stereocenters. The number of carbonyl (C=O) groups is 1. The molecule has 3 N–H and O–H groups in total. The van der Waals surface area contributed by atoms with Crippen LogP contribution in [0.2, 0.25) is 0 Å². The lowest BCUT2D eigenvalue weighted by atomic mass is 9.99. The van der Waals surface area contributed by atoms with Gasteiger partial charge < -0.3 is 15.5 Å². The van der Waals surface area contributed by atoms with Crippen molar-refractivity contribution in [3.63, 3.8) is 0 Å². The molecule has 1 amide bonds. The van der Waals surface area contributed by atoms with Gasteiger partial charge in [0.2, 0.25) is 0 Å². The summed E-state index contributed by atoms with van der Waals surface area (Å²) >= 11 is 0. The maximum Gasteiger partial charge on any atom is 0.275 e. The average molecular weight is 403 g/mol. The third kappa shape index (κ3) is 3.78. The molecule has 0 saturated heterocycles. The Labute approximate surface area is 172 Å². The molecule has 8 heteroatoms. The number of aryl methyl sites for hydroxylation is 1. The first-order valence-corrected chi connectivity index (χ1v) is 9.41. The summed E-state index contributed by atoms with van der Waals surface area (Å²) in [4.78, 5) is 21.3. The molecule has 4 aromatic rings. The number of amides is 1. The molecule has 0 fully saturated rings. The van der Waals surface area contributed by atoms with Gasteiger partial charge >= 0.3 is 0 Å². The molecule has 1 aromatic carbocycles. The van der Waals surface area contributed by atoms with Crippen LogP contribution < -0.4 is 5.32 Å². The van der Waals surface area contributed by atoms with E-state index < -0.39 is 18.1 Å². The van der Waals surface area contributed by atoms with Gasteiger partial charge in [-0.25, -0.2) is 9.50 Å². The summed E-state index contributed by atoms with van der Waals surface area (Å²) in [6.45, 7) is 2.91. The fourth-order valence-corrected chi connectivity index (χ4v) is 3.09. The summed E-state index contributed by atoms with van der Waals surface area (Å²) in [5.74, 6) is -0.0585. The van der Waals surface area contributed by atoms with Gasteiger partial charge in [0.15, 0.2) is 5.65 Å². The number of nitrogens with zero attached hydrogens (tertiary/aromatic N) is 4. The fraction of sp³-hybridized carbons (Fsp3) is 0.182. The van der Waals surface area contributed by atoms with E-state index in [9.17, 15) is 15.0 Å². The zero-order valence-electron chi connectivity index (χ0n) is 16.6. The highest BCUT2D eigenvalue weighted by molar-refractivity contribution is 6.02. The van der Waals surface area contributed by atoms with E-state index in [1.54, 1.807) is 16.6 Å². The van der Waals surface area contributed by atoms with Crippen LogP contribution in [0.3, 0.4) is 0 Å². The van der Waals surface area contributed by atoms with Crippen molar-refractivity contribution in [3.8, 4) is 11.3 Å². The highest BCUT2D eigenvalue weighted by atomic mass is 16.3. The molecule has 8 nitrogen and oxygen atoms in total. The first-order valence-electron chi connectivity index (χ1n) is 9.41. The minimum Gasteiger partial charge on any atom is -0.393 e. The molecule has 0 aliphatic carbocycles. The van der Waals surface area contributed by atoms with Crippen molar-refractivity contribution in [1.29, 1.82) is 0 Å². The van der Waals surface area contributed by atoms with Crippen LogP contribution in [0.15, 0.2) is 60.8 Å². The standard InChI is InChI=1S/C22H21N5O3/c1-14-10-20-24-19(11-18(27(20)26-14)15-6-4-3-5-7-15)25-21(29)17-9-8-16(12-23-17)22(2,30)13-28/h3-12,28,30H,13H2,1-2H3,(H,24,25,29). The summed E-state index contributed by atoms with van der Waals surface area (Å²) in [5, 5.41) is 26.6. The van der Waals surface area contributed by atoms with Gasteiger partial charge in [-0.15, -0.1) is 0 Å². The number of aliphatic hydroxyl groups is 2. The van der Waals surface area contributed by atoms with Crippen molar-refractivity contribution in [2.24, 2.45) is 0 Å². The van der Waals surface area contributed by atoms with Crippen LogP contribution in [-0.2, 0) is 5.60 Å². The SMILES string of the molecule is Cc1cc2nc(NC(=O)c3ccc(C(C)(O)CO)cn3)cc(-c3ccccc3)n2n1. The number of aromatic nitrogens is 4. The second-order valence-electron chi connectivity index (χ2n) is 7.27. The number of pyridine rings is 1. The van der Waals surface area contributed by atoms with Gasteiger partial charge in [-0.3, -0.25) is 9.78 Å². The molecule has 0 aliphatic rings. The fourth-order valence-electron chi connectivity index (χ4n) is 3.09. The highest BCUT2D eigenvalue weighted by Crippen LogP contribution is 2.24. The molecular weight excluding hydrogens is 382 g/mol. The van der Waals surface area contributed by atoms with E-state index in [4.69, 9.17) is 0 Å². The molecule has 3 aromatic heterocycles. The van der Waals surface area contributed by atoms with E-state index in [0.29, 0.717) is 17.0 Å². The number of fused-ring (bicyclic) bond motifs is 1. The minimum atomic E-state index is -1.42. The average Bonchev–Trinajstić information content (AvgIpc) is 3.14.